The van der Waals surface area contributed by atoms with E-state index in [1.807, 2.05) is 19.1 Å². The zero-order chi connectivity index (χ0) is 6.85. The molecule has 0 saturated heterocycles. The molecule has 0 nitrogen and oxygen atoms in total. The summed E-state index contributed by atoms with van der Waals surface area (Å²) in [5.41, 5.74) is 2.50. The molecule has 0 atom stereocenters. The molecule has 1 aromatic rings. The van der Waals surface area contributed by atoms with Gasteiger partial charge in [0.05, 0.1) is 0 Å². The van der Waals surface area contributed by atoms with Crippen LogP contribution in [-0.4, -0.2) is 0 Å². The van der Waals surface area contributed by atoms with Gasteiger partial charge in [-0.2, -0.15) is 0 Å². The van der Waals surface area contributed by atoms with Crippen molar-refractivity contribution in [3.8, 4) is 0 Å². The summed E-state index contributed by atoms with van der Waals surface area (Å²) >= 11 is 4.21. The van der Waals surface area contributed by atoms with E-state index >= 15 is 0 Å². The molecule has 1 aromatic carbocycles. The zero-order valence-corrected chi connectivity index (χ0v) is 6.50. The molecule has 0 amide bonds. The van der Waals surface area contributed by atoms with Gasteiger partial charge < -0.3 is 0 Å². The van der Waals surface area contributed by atoms with Gasteiger partial charge in [-0.05, 0) is 31.0 Å². The molecule has 1 rings (SSSR count). The van der Waals surface area contributed by atoms with Crippen molar-refractivity contribution < 1.29 is 0 Å². The highest BCUT2D eigenvalue weighted by Crippen LogP contribution is 2.14. The third-order valence-electron chi connectivity index (χ3n) is 1.50. The van der Waals surface area contributed by atoms with Crippen molar-refractivity contribution in [2.24, 2.45) is 0 Å². The maximum Gasteiger partial charge on any atom is 0.0151 e. The summed E-state index contributed by atoms with van der Waals surface area (Å²) < 4.78 is 0. The molecule has 0 bridgehead atoms. The highest BCUT2D eigenvalue weighted by atomic mass is 32.1. The number of aryl methyl sites for hydroxylation is 1. The van der Waals surface area contributed by atoms with Crippen molar-refractivity contribution in [3.63, 3.8) is 0 Å². The predicted octanol–water partition coefficient (Wildman–Crippen LogP) is 2.39. The standard InChI is InChI=1S/C8H9S/c1-6-4-3-5-8(9)7(6)2/h3-4,9H,1-2H3. The predicted molar refractivity (Wildman–Crippen MR) is 42.0 cm³/mol. The monoisotopic (exact) mass is 137 g/mol. The minimum atomic E-state index is 0.954. The first-order chi connectivity index (χ1) is 4.22. The van der Waals surface area contributed by atoms with Gasteiger partial charge in [0.1, 0.15) is 0 Å². The highest BCUT2D eigenvalue weighted by Gasteiger charge is 1.93. The van der Waals surface area contributed by atoms with E-state index in [0.717, 1.165) is 4.90 Å². The normalized spacial score (nSPS) is 9.67. The van der Waals surface area contributed by atoms with Crippen molar-refractivity contribution in [2.75, 3.05) is 0 Å². The Hall–Kier alpha value is -0.430. The zero-order valence-electron chi connectivity index (χ0n) is 5.60. The van der Waals surface area contributed by atoms with E-state index in [-0.39, 0.29) is 0 Å². The van der Waals surface area contributed by atoms with Crippen LogP contribution in [0.25, 0.3) is 0 Å². The molecule has 1 radical (unpaired) electrons. The van der Waals surface area contributed by atoms with Crippen molar-refractivity contribution in [1.29, 1.82) is 0 Å². The lowest BCUT2D eigenvalue weighted by Gasteiger charge is -1.99. The molecule has 0 fully saturated rings. The fraction of sp³-hybridized carbons (Fsp3) is 0.250. The summed E-state index contributed by atoms with van der Waals surface area (Å²) in [5, 5.41) is 0. The van der Waals surface area contributed by atoms with Crippen LogP contribution in [-0.2, 0) is 0 Å². The maximum atomic E-state index is 4.21. The van der Waals surface area contributed by atoms with Gasteiger partial charge in [-0.3, -0.25) is 0 Å². The van der Waals surface area contributed by atoms with Gasteiger partial charge in [-0.1, -0.05) is 12.1 Å². The Morgan fingerprint density at radius 3 is 2.56 bits per heavy atom. The van der Waals surface area contributed by atoms with E-state index in [2.05, 4.69) is 25.6 Å². The summed E-state index contributed by atoms with van der Waals surface area (Å²) in [5.74, 6) is 0. The number of thiol groups is 1. The smallest absolute Gasteiger partial charge is 0.0151 e. The van der Waals surface area contributed by atoms with Crippen LogP contribution in [0.3, 0.4) is 0 Å². The average molecular weight is 137 g/mol. The number of hydrogen-bond donors (Lipinski definition) is 1. The molecule has 0 aromatic heterocycles. The molecule has 0 aliphatic rings. The van der Waals surface area contributed by atoms with Crippen LogP contribution in [0.2, 0.25) is 0 Å². The van der Waals surface area contributed by atoms with Gasteiger partial charge in [0.2, 0.25) is 0 Å². The van der Waals surface area contributed by atoms with Crippen LogP contribution < -0.4 is 0 Å². The van der Waals surface area contributed by atoms with Gasteiger partial charge in [0.25, 0.3) is 0 Å². The van der Waals surface area contributed by atoms with Gasteiger partial charge >= 0.3 is 0 Å². The quantitative estimate of drug-likeness (QED) is 0.521. The summed E-state index contributed by atoms with van der Waals surface area (Å²) in [6.07, 6.45) is 0. The van der Waals surface area contributed by atoms with E-state index < -0.39 is 0 Å². The van der Waals surface area contributed by atoms with Crippen molar-refractivity contribution in [1.82, 2.24) is 0 Å². The lowest BCUT2D eigenvalue weighted by Crippen LogP contribution is -1.80. The topological polar surface area (TPSA) is 0 Å². The molecule has 0 spiro atoms. The SMILES string of the molecule is Cc1cc[c]c(S)c1C. The molecule has 0 heterocycles. The van der Waals surface area contributed by atoms with Gasteiger partial charge in [-0.25, -0.2) is 0 Å². The fourth-order valence-corrected chi connectivity index (χ4v) is 0.917. The second kappa shape index (κ2) is 2.44. The molecule has 0 N–H and O–H groups in total. The lowest BCUT2D eigenvalue weighted by molar-refractivity contribution is 1.23. The molecule has 0 unspecified atom stereocenters. The highest BCUT2D eigenvalue weighted by molar-refractivity contribution is 7.80. The summed E-state index contributed by atoms with van der Waals surface area (Å²) in [4.78, 5) is 0.954. The first-order valence-electron chi connectivity index (χ1n) is 2.88. The molecule has 1 heteroatoms. The first kappa shape index (κ1) is 6.69. The molecular weight excluding hydrogens is 128 g/mol. The van der Waals surface area contributed by atoms with Gasteiger partial charge in [0.15, 0.2) is 0 Å². The van der Waals surface area contributed by atoms with Crippen LogP contribution in [0, 0.1) is 19.9 Å². The van der Waals surface area contributed by atoms with Gasteiger partial charge in [-0.15, -0.1) is 12.6 Å². The molecule has 0 aliphatic carbocycles. The average Bonchev–Trinajstić information content (AvgIpc) is 1.83. The van der Waals surface area contributed by atoms with E-state index in [9.17, 15) is 0 Å². The largest absolute Gasteiger partial charge is 0.143 e. The maximum absolute atomic E-state index is 4.21. The summed E-state index contributed by atoms with van der Waals surface area (Å²) in [7, 11) is 0. The van der Waals surface area contributed by atoms with Crippen molar-refractivity contribution in [2.45, 2.75) is 18.7 Å². The Balaban J connectivity index is 3.25. The third kappa shape index (κ3) is 1.28. The number of hydrogen-bond acceptors (Lipinski definition) is 1. The van der Waals surface area contributed by atoms with E-state index in [4.69, 9.17) is 0 Å². The minimum absolute atomic E-state index is 0.954. The molecule has 0 aliphatic heterocycles. The second-order valence-electron chi connectivity index (χ2n) is 2.13. The van der Waals surface area contributed by atoms with E-state index in [1.54, 1.807) is 0 Å². The van der Waals surface area contributed by atoms with E-state index in [0.29, 0.717) is 0 Å². The van der Waals surface area contributed by atoms with Crippen molar-refractivity contribution in [3.05, 3.63) is 29.3 Å². The Morgan fingerprint density at radius 2 is 2.11 bits per heavy atom. The minimum Gasteiger partial charge on any atom is -0.143 e. The van der Waals surface area contributed by atoms with Crippen LogP contribution in [0.5, 0.6) is 0 Å². The lowest BCUT2D eigenvalue weighted by atomic mass is 10.1. The van der Waals surface area contributed by atoms with Crippen LogP contribution >= 0.6 is 12.6 Å². The number of rotatable bonds is 0. The Bertz CT molecular complexity index is 196. The van der Waals surface area contributed by atoms with Crippen LogP contribution in [0.1, 0.15) is 11.1 Å². The molecular formula is C8H9S. The summed E-state index contributed by atoms with van der Waals surface area (Å²) in [6.45, 7) is 4.12. The second-order valence-corrected chi connectivity index (χ2v) is 2.58. The molecule has 9 heavy (non-hydrogen) atoms. The Kier molecular flexibility index (Phi) is 1.81. The van der Waals surface area contributed by atoms with E-state index in [1.165, 1.54) is 11.1 Å². The molecule has 47 valence electrons. The summed E-state index contributed by atoms with van der Waals surface area (Å²) in [6, 6.07) is 6.93. The number of benzene rings is 1. The Labute approximate surface area is 61.3 Å². The Morgan fingerprint density at radius 1 is 1.44 bits per heavy atom. The van der Waals surface area contributed by atoms with Crippen molar-refractivity contribution >= 4 is 12.6 Å². The third-order valence-corrected chi connectivity index (χ3v) is 1.96. The molecule has 0 saturated carbocycles. The first-order valence-corrected chi connectivity index (χ1v) is 3.33. The van der Waals surface area contributed by atoms with Gasteiger partial charge in [0, 0.05) is 4.90 Å². The van der Waals surface area contributed by atoms with Crippen LogP contribution in [0.4, 0.5) is 0 Å². The fourth-order valence-electron chi connectivity index (χ4n) is 0.666. The van der Waals surface area contributed by atoms with Crippen LogP contribution in [0.15, 0.2) is 17.0 Å².